The molecule has 104 valence electrons. The summed E-state index contributed by atoms with van der Waals surface area (Å²) >= 11 is 0. The van der Waals surface area contributed by atoms with Gasteiger partial charge in [0.15, 0.2) is 0 Å². The first-order valence-corrected chi connectivity index (χ1v) is 6.20. The van der Waals surface area contributed by atoms with Crippen molar-refractivity contribution < 1.29 is 9.66 Å². The van der Waals surface area contributed by atoms with Gasteiger partial charge in [0.1, 0.15) is 18.0 Å². The van der Waals surface area contributed by atoms with E-state index in [1.54, 1.807) is 12.1 Å². The molecule has 2 aromatic carbocycles. The van der Waals surface area contributed by atoms with Crippen LogP contribution in [0.15, 0.2) is 36.4 Å². The van der Waals surface area contributed by atoms with Gasteiger partial charge in [0.2, 0.25) is 0 Å². The van der Waals surface area contributed by atoms with Crippen LogP contribution in [-0.2, 0) is 6.61 Å². The van der Waals surface area contributed by atoms with Crippen LogP contribution in [0.5, 0.6) is 5.75 Å². The van der Waals surface area contributed by atoms with Crippen molar-refractivity contribution in [2.45, 2.75) is 20.5 Å². The number of hydrogen-bond donors (Lipinski definition) is 1. The van der Waals surface area contributed by atoms with Gasteiger partial charge in [0, 0.05) is 6.07 Å². The van der Waals surface area contributed by atoms with E-state index < -0.39 is 4.92 Å². The number of nitrogens with zero attached hydrogens (tertiary/aromatic N) is 1. The third-order valence-electron chi connectivity index (χ3n) is 3.01. The van der Waals surface area contributed by atoms with Crippen LogP contribution >= 0.6 is 0 Å². The molecule has 5 heteroatoms. The van der Waals surface area contributed by atoms with E-state index in [0.717, 1.165) is 16.9 Å². The molecule has 0 bridgehead atoms. The van der Waals surface area contributed by atoms with E-state index in [1.807, 2.05) is 32.0 Å². The standard InChI is InChI=1S/C15H16N2O3/c1-10-3-6-15(11(2)7-10)20-9-12-4-5-14(17(18)19)13(16)8-12/h3-8H,9,16H2,1-2H3. The Morgan fingerprint density at radius 2 is 1.95 bits per heavy atom. The maximum Gasteiger partial charge on any atom is 0.292 e. The number of rotatable bonds is 4. The van der Waals surface area contributed by atoms with Crippen LogP contribution < -0.4 is 10.5 Å². The van der Waals surface area contributed by atoms with Gasteiger partial charge in [-0.15, -0.1) is 0 Å². The van der Waals surface area contributed by atoms with Crippen molar-refractivity contribution in [1.82, 2.24) is 0 Å². The Bertz CT molecular complexity index is 654. The summed E-state index contributed by atoms with van der Waals surface area (Å²) in [6.45, 7) is 4.33. The van der Waals surface area contributed by atoms with Crippen LogP contribution in [0.4, 0.5) is 11.4 Å². The van der Waals surface area contributed by atoms with Gasteiger partial charge in [-0.3, -0.25) is 10.1 Å². The average molecular weight is 272 g/mol. The van der Waals surface area contributed by atoms with Crippen molar-refractivity contribution in [2.24, 2.45) is 0 Å². The quantitative estimate of drug-likeness (QED) is 0.525. The molecular formula is C15H16N2O3. The molecule has 0 fully saturated rings. The second-order valence-corrected chi connectivity index (χ2v) is 4.71. The normalized spacial score (nSPS) is 10.3. The zero-order valence-corrected chi connectivity index (χ0v) is 11.4. The summed E-state index contributed by atoms with van der Waals surface area (Å²) in [6, 6.07) is 10.6. The highest BCUT2D eigenvalue weighted by atomic mass is 16.6. The second kappa shape index (κ2) is 5.61. The summed E-state index contributed by atoms with van der Waals surface area (Å²) < 4.78 is 5.71. The molecule has 0 saturated heterocycles. The molecule has 2 rings (SSSR count). The van der Waals surface area contributed by atoms with Crippen LogP contribution in [0.1, 0.15) is 16.7 Å². The van der Waals surface area contributed by atoms with E-state index in [9.17, 15) is 10.1 Å². The molecular weight excluding hydrogens is 256 g/mol. The fourth-order valence-electron chi connectivity index (χ4n) is 1.98. The highest BCUT2D eigenvalue weighted by Crippen LogP contribution is 2.24. The molecule has 0 amide bonds. The van der Waals surface area contributed by atoms with Gasteiger partial charge < -0.3 is 10.5 Å². The summed E-state index contributed by atoms with van der Waals surface area (Å²) in [4.78, 5) is 10.2. The lowest BCUT2D eigenvalue weighted by Gasteiger charge is -2.10. The summed E-state index contributed by atoms with van der Waals surface area (Å²) in [5, 5.41) is 10.7. The van der Waals surface area contributed by atoms with Crippen LogP contribution in [0.2, 0.25) is 0 Å². The first-order valence-electron chi connectivity index (χ1n) is 6.20. The van der Waals surface area contributed by atoms with Gasteiger partial charge in [0.05, 0.1) is 4.92 Å². The molecule has 0 aromatic heterocycles. The molecule has 0 aliphatic rings. The largest absolute Gasteiger partial charge is 0.489 e. The fraction of sp³-hybridized carbons (Fsp3) is 0.200. The molecule has 0 aliphatic carbocycles. The van der Waals surface area contributed by atoms with Crippen molar-refractivity contribution in [1.29, 1.82) is 0 Å². The fourth-order valence-corrected chi connectivity index (χ4v) is 1.98. The van der Waals surface area contributed by atoms with Crippen molar-refractivity contribution in [3.63, 3.8) is 0 Å². The highest BCUT2D eigenvalue weighted by Gasteiger charge is 2.11. The minimum absolute atomic E-state index is 0.0831. The number of ether oxygens (including phenoxy) is 1. The SMILES string of the molecule is Cc1ccc(OCc2ccc([N+](=O)[O-])c(N)c2)c(C)c1. The molecule has 0 spiro atoms. The number of nitrogen functional groups attached to an aromatic ring is 1. The van der Waals surface area contributed by atoms with Crippen molar-refractivity contribution in [2.75, 3.05) is 5.73 Å². The van der Waals surface area contributed by atoms with Gasteiger partial charge in [-0.2, -0.15) is 0 Å². The predicted molar refractivity (Wildman–Crippen MR) is 77.8 cm³/mol. The summed E-state index contributed by atoms with van der Waals surface area (Å²) in [7, 11) is 0. The monoisotopic (exact) mass is 272 g/mol. The first kappa shape index (κ1) is 13.9. The highest BCUT2D eigenvalue weighted by molar-refractivity contribution is 5.59. The van der Waals surface area contributed by atoms with Crippen molar-refractivity contribution >= 4 is 11.4 Å². The Hall–Kier alpha value is -2.56. The van der Waals surface area contributed by atoms with E-state index in [0.29, 0.717) is 6.61 Å². The smallest absolute Gasteiger partial charge is 0.292 e. The zero-order valence-electron chi connectivity index (χ0n) is 11.4. The lowest BCUT2D eigenvalue weighted by atomic mass is 10.1. The lowest BCUT2D eigenvalue weighted by molar-refractivity contribution is -0.383. The van der Waals surface area contributed by atoms with E-state index in [2.05, 4.69) is 0 Å². The maximum atomic E-state index is 10.7. The van der Waals surface area contributed by atoms with Gasteiger partial charge in [0.25, 0.3) is 5.69 Å². The third-order valence-corrected chi connectivity index (χ3v) is 3.01. The average Bonchev–Trinajstić information content (AvgIpc) is 2.37. The minimum Gasteiger partial charge on any atom is -0.489 e. The van der Waals surface area contributed by atoms with Crippen LogP contribution in [0.25, 0.3) is 0 Å². The summed E-state index contributed by atoms with van der Waals surface area (Å²) in [6.07, 6.45) is 0. The Morgan fingerprint density at radius 3 is 2.55 bits per heavy atom. The number of nitro benzene ring substituents is 1. The predicted octanol–water partition coefficient (Wildman–Crippen LogP) is 3.37. The molecule has 0 atom stereocenters. The van der Waals surface area contributed by atoms with Gasteiger partial charge in [-0.25, -0.2) is 0 Å². The van der Waals surface area contributed by atoms with Crippen LogP contribution in [-0.4, -0.2) is 4.92 Å². The number of aryl methyl sites for hydroxylation is 2. The van der Waals surface area contributed by atoms with Gasteiger partial charge in [-0.1, -0.05) is 17.7 Å². The molecule has 2 aromatic rings. The number of nitro groups is 1. The number of hydrogen-bond acceptors (Lipinski definition) is 4. The molecule has 20 heavy (non-hydrogen) atoms. The maximum absolute atomic E-state index is 10.7. The summed E-state index contributed by atoms with van der Waals surface area (Å²) in [5.41, 5.74) is 8.74. The van der Waals surface area contributed by atoms with Crippen molar-refractivity contribution in [3.05, 3.63) is 63.2 Å². The van der Waals surface area contributed by atoms with Crippen LogP contribution in [0, 0.1) is 24.0 Å². The summed E-state index contributed by atoms with van der Waals surface area (Å²) in [5.74, 6) is 0.799. The van der Waals surface area contributed by atoms with Crippen LogP contribution in [0.3, 0.4) is 0 Å². The molecule has 5 nitrogen and oxygen atoms in total. The van der Waals surface area contributed by atoms with Gasteiger partial charge in [-0.05, 0) is 43.2 Å². The van der Waals surface area contributed by atoms with E-state index in [-0.39, 0.29) is 11.4 Å². The Morgan fingerprint density at radius 1 is 1.20 bits per heavy atom. The van der Waals surface area contributed by atoms with E-state index in [1.165, 1.54) is 11.6 Å². The van der Waals surface area contributed by atoms with Gasteiger partial charge >= 0.3 is 0 Å². The molecule has 0 radical (unpaired) electrons. The lowest BCUT2D eigenvalue weighted by Crippen LogP contribution is -2.00. The Balaban J connectivity index is 2.11. The number of nitrogens with two attached hydrogens (primary N) is 1. The Labute approximate surface area is 117 Å². The second-order valence-electron chi connectivity index (χ2n) is 4.71. The molecule has 0 saturated carbocycles. The topological polar surface area (TPSA) is 78.4 Å². The van der Waals surface area contributed by atoms with E-state index >= 15 is 0 Å². The number of anilines is 1. The number of benzene rings is 2. The molecule has 0 unspecified atom stereocenters. The molecule has 0 aliphatic heterocycles. The molecule has 0 heterocycles. The third kappa shape index (κ3) is 3.06. The molecule has 2 N–H and O–H groups in total. The first-order chi connectivity index (χ1) is 9.47. The van der Waals surface area contributed by atoms with Crippen molar-refractivity contribution in [3.8, 4) is 5.75 Å². The van der Waals surface area contributed by atoms with E-state index in [4.69, 9.17) is 10.5 Å². The minimum atomic E-state index is -0.496. The Kier molecular flexibility index (Phi) is 3.89. The zero-order chi connectivity index (χ0) is 14.7.